The first-order valence-electron chi connectivity index (χ1n) is 7.05. The number of carbonyl (C=O) groups is 2. The van der Waals surface area contributed by atoms with Gasteiger partial charge in [0.15, 0.2) is 0 Å². The summed E-state index contributed by atoms with van der Waals surface area (Å²) in [7, 11) is 1.86. The van der Waals surface area contributed by atoms with Crippen LogP contribution in [0.2, 0.25) is 0 Å². The first kappa shape index (κ1) is 15.3. The molecule has 0 radical (unpaired) electrons. The van der Waals surface area contributed by atoms with E-state index < -0.39 is 11.5 Å². The van der Waals surface area contributed by atoms with Gasteiger partial charge in [0.1, 0.15) is 0 Å². The summed E-state index contributed by atoms with van der Waals surface area (Å²) in [5.41, 5.74) is 2.21. The van der Waals surface area contributed by atoms with Gasteiger partial charge in [-0.1, -0.05) is 0 Å². The van der Waals surface area contributed by atoms with Crippen LogP contribution in [0.3, 0.4) is 0 Å². The smallest absolute Gasteiger partial charge is 0.305 e. The molecule has 0 aliphatic heterocycles. The topological polar surface area (TPSA) is 84.2 Å². The van der Waals surface area contributed by atoms with Crippen molar-refractivity contribution in [3.05, 3.63) is 23.0 Å². The standard InChI is InChI=1S/C15H21N3O3/c1-10-12(11(2)18(3)17-10)5-6-13(19)16-15(7-4-8-15)9-14(20)21/h5-6H,4,7-9H2,1-3H3,(H,16,19)(H,20,21). The second-order valence-corrected chi connectivity index (χ2v) is 5.74. The molecule has 0 atom stereocenters. The lowest BCUT2D eigenvalue weighted by atomic mass is 9.74. The lowest BCUT2D eigenvalue weighted by molar-refractivity contribution is -0.140. The Morgan fingerprint density at radius 2 is 2.10 bits per heavy atom. The van der Waals surface area contributed by atoms with Crippen molar-refractivity contribution in [1.82, 2.24) is 15.1 Å². The van der Waals surface area contributed by atoms with Crippen molar-refractivity contribution < 1.29 is 14.7 Å². The Kier molecular flexibility index (Phi) is 4.16. The van der Waals surface area contributed by atoms with Gasteiger partial charge < -0.3 is 10.4 Å². The van der Waals surface area contributed by atoms with Crippen LogP contribution >= 0.6 is 0 Å². The molecule has 1 fully saturated rings. The van der Waals surface area contributed by atoms with Gasteiger partial charge in [-0.15, -0.1) is 0 Å². The summed E-state index contributed by atoms with van der Waals surface area (Å²) in [5, 5.41) is 16.1. The third kappa shape index (κ3) is 3.32. The molecule has 1 aromatic heterocycles. The molecule has 6 heteroatoms. The number of nitrogens with one attached hydrogen (secondary N) is 1. The molecule has 0 bridgehead atoms. The van der Waals surface area contributed by atoms with Crippen molar-refractivity contribution in [1.29, 1.82) is 0 Å². The van der Waals surface area contributed by atoms with Gasteiger partial charge in [-0.05, 0) is 39.2 Å². The highest BCUT2D eigenvalue weighted by Gasteiger charge is 2.39. The number of amides is 1. The molecule has 1 heterocycles. The van der Waals surface area contributed by atoms with Gasteiger partial charge in [0, 0.05) is 24.4 Å². The molecule has 6 nitrogen and oxygen atoms in total. The summed E-state index contributed by atoms with van der Waals surface area (Å²) >= 11 is 0. The van der Waals surface area contributed by atoms with Crippen LogP contribution in [0.4, 0.5) is 0 Å². The van der Waals surface area contributed by atoms with Gasteiger partial charge in [0.05, 0.1) is 17.7 Å². The van der Waals surface area contributed by atoms with E-state index in [2.05, 4.69) is 10.4 Å². The predicted octanol–water partition coefficient (Wildman–Crippen LogP) is 1.56. The number of rotatable bonds is 5. The molecule has 1 saturated carbocycles. The van der Waals surface area contributed by atoms with Gasteiger partial charge in [-0.2, -0.15) is 5.10 Å². The van der Waals surface area contributed by atoms with Crippen LogP contribution in [-0.4, -0.2) is 32.3 Å². The predicted molar refractivity (Wildman–Crippen MR) is 78.7 cm³/mol. The number of hydrogen-bond donors (Lipinski definition) is 2. The third-order valence-corrected chi connectivity index (χ3v) is 4.16. The molecular weight excluding hydrogens is 270 g/mol. The summed E-state index contributed by atoms with van der Waals surface area (Å²) < 4.78 is 1.77. The molecule has 1 aromatic rings. The van der Waals surface area contributed by atoms with Crippen LogP contribution in [0.15, 0.2) is 6.08 Å². The zero-order valence-corrected chi connectivity index (χ0v) is 12.6. The Balaban J connectivity index is 2.04. The van der Waals surface area contributed by atoms with Crippen molar-refractivity contribution in [3.63, 3.8) is 0 Å². The lowest BCUT2D eigenvalue weighted by Gasteiger charge is -2.41. The number of hydrogen-bond acceptors (Lipinski definition) is 3. The largest absolute Gasteiger partial charge is 0.481 e. The minimum atomic E-state index is -0.877. The quantitative estimate of drug-likeness (QED) is 0.806. The lowest BCUT2D eigenvalue weighted by Crippen LogP contribution is -2.54. The average molecular weight is 291 g/mol. The van der Waals surface area contributed by atoms with E-state index in [-0.39, 0.29) is 12.3 Å². The highest BCUT2D eigenvalue weighted by Crippen LogP contribution is 2.34. The van der Waals surface area contributed by atoms with Gasteiger partial charge in [0.2, 0.25) is 5.91 Å². The van der Waals surface area contributed by atoms with Crippen molar-refractivity contribution >= 4 is 18.0 Å². The second kappa shape index (κ2) is 5.71. The van der Waals surface area contributed by atoms with Crippen molar-refractivity contribution in [3.8, 4) is 0 Å². The number of carboxylic acids is 1. The maximum atomic E-state index is 12.0. The number of aromatic nitrogens is 2. The Hall–Kier alpha value is -2.11. The van der Waals surface area contributed by atoms with E-state index >= 15 is 0 Å². The summed E-state index contributed by atoms with van der Waals surface area (Å²) in [6.45, 7) is 3.83. The van der Waals surface area contributed by atoms with Crippen molar-refractivity contribution in [2.24, 2.45) is 7.05 Å². The normalized spacial score (nSPS) is 16.7. The van der Waals surface area contributed by atoms with E-state index in [0.717, 1.165) is 36.2 Å². The van der Waals surface area contributed by atoms with Crippen LogP contribution in [0.5, 0.6) is 0 Å². The Morgan fingerprint density at radius 1 is 1.43 bits per heavy atom. The van der Waals surface area contributed by atoms with E-state index in [0.29, 0.717) is 0 Å². The molecule has 114 valence electrons. The molecule has 1 amide bonds. The third-order valence-electron chi connectivity index (χ3n) is 4.16. The highest BCUT2D eigenvalue weighted by molar-refractivity contribution is 5.93. The van der Waals surface area contributed by atoms with E-state index in [4.69, 9.17) is 5.11 Å². The van der Waals surface area contributed by atoms with Gasteiger partial charge in [0.25, 0.3) is 0 Å². The summed E-state index contributed by atoms with van der Waals surface area (Å²) in [5.74, 6) is -1.13. The number of aryl methyl sites for hydroxylation is 2. The fraction of sp³-hybridized carbons (Fsp3) is 0.533. The molecule has 0 saturated heterocycles. The molecule has 0 aromatic carbocycles. The molecule has 2 rings (SSSR count). The van der Waals surface area contributed by atoms with Crippen LogP contribution in [-0.2, 0) is 16.6 Å². The molecule has 1 aliphatic carbocycles. The summed E-state index contributed by atoms with van der Waals surface area (Å²) in [6.07, 6.45) is 5.59. The SMILES string of the molecule is Cc1nn(C)c(C)c1C=CC(=O)NC1(CC(=O)O)CCC1. The number of nitrogens with zero attached hydrogens (tertiary/aromatic N) is 2. The van der Waals surface area contributed by atoms with Gasteiger partial charge >= 0.3 is 5.97 Å². The number of carboxylic acid groups (broad SMARTS) is 1. The summed E-state index contributed by atoms with van der Waals surface area (Å²) in [4.78, 5) is 22.9. The van der Waals surface area contributed by atoms with E-state index in [9.17, 15) is 9.59 Å². The highest BCUT2D eigenvalue weighted by atomic mass is 16.4. The first-order chi connectivity index (χ1) is 9.83. The van der Waals surface area contributed by atoms with Gasteiger partial charge in [-0.3, -0.25) is 14.3 Å². The summed E-state index contributed by atoms with van der Waals surface area (Å²) in [6, 6.07) is 0. The monoisotopic (exact) mass is 291 g/mol. The number of carbonyl (C=O) groups excluding carboxylic acids is 1. The Morgan fingerprint density at radius 3 is 2.52 bits per heavy atom. The second-order valence-electron chi connectivity index (χ2n) is 5.74. The molecule has 0 unspecified atom stereocenters. The minimum absolute atomic E-state index is 0.0163. The van der Waals surface area contributed by atoms with Crippen molar-refractivity contribution in [2.45, 2.75) is 45.1 Å². The molecule has 1 aliphatic rings. The van der Waals surface area contributed by atoms with Crippen LogP contribution < -0.4 is 5.32 Å². The van der Waals surface area contributed by atoms with Crippen LogP contribution in [0, 0.1) is 13.8 Å². The zero-order chi connectivity index (χ0) is 15.6. The van der Waals surface area contributed by atoms with Crippen LogP contribution in [0.25, 0.3) is 6.08 Å². The fourth-order valence-electron chi connectivity index (χ4n) is 2.73. The first-order valence-corrected chi connectivity index (χ1v) is 7.05. The molecule has 2 N–H and O–H groups in total. The van der Waals surface area contributed by atoms with Crippen LogP contribution in [0.1, 0.15) is 42.6 Å². The molecular formula is C15H21N3O3. The van der Waals surface area contributed by atoms with E-state index in [1.807, 2.05) is 20.9 Å². The Bertz CT molecular complexity index is 598. The zero-order valence-electron chi connectivity index (χ0n) is 12.6. The van der Waals surface area contributed by atoms with Crippen molar-refractivity contribution in [2.75, 3.05) is 0 Å². The average Bonchev–Trinajstić information content (AvgIpc) is 2.58. The maximum absolute atomic E-state index is 12.0. The fourth-order valence-corrected chi connectivity index (χ4v) is 2.73. The van der Waals surface area contributed by atoms with E-state index in [1.165, 1.54) is 6.08 Å². The Labute approximate surface area is 123 Å². The minimum Gasteiger partial charge on any atom is -0.481 e. The number of aliphatic carboxylic acids is 1. The maximum Gasteiger partial charge on any atom is 0.305 e. The molecule has 21 heavy (non-hydrogen) atoms. The van der Waals surface area contributed by atoms with Gasteiger partial charge in [-0.25, -0.2) is 0 Å². The van der Waals surface area contributed by atoms with E-state index in [1.54, 1.807) is 10.8 Å². The molecule has 0 spiro atoms.